The first kappa shape index (κ1) is 19.3. The maximum absolute atomic E-state index is 12.5. The SMILES string of the molecule is COc1cc2[nH]cc(CC(=O)Nc3ccc(C(C)=O)cc3)c2c(OC)c1OC. The third kappa shape index (κ3) is 3.64. The number of aromatic nitrogens is 1. The second-order valence-corrected chi connectivity index (χ2v) is 6.24. The number of ether oxygens (including phenoxy) is 3. The fourth-order valence-corrected chi connectivity index (χ4v) is 3.13. The molecule has 0 fully saturated rings. The van der Waals surface area contributed by atoms with Gasteiger partial charge in [-0.05, 0) is 36.8 Å². The minimum atomic E-state index is -0.187. The summed E-state index contributed by atoms with van der Waals surface area (Å²) in [6, 6.07) is 8.59. The third-order valence-corrected chi connectivity index (χ3v) is 4.48. The van der Waals surface area contributed by atoms with Crippen LogP contribution in [0.15, 0.2) is 36.5 Å². The fraction of sp³-hybridized carbons (Fsp3) is 0.238. The number of nitrogens with one attached hydrogen (secondary N) is 2. The number of aromatic amines is 1. The van der Waals surface area contributed by atoms with Crippen molar-refractivity contribution < 1.29 is 23.8 Å². The molecule has 2 N–H and O–H groups in total. The molecule has 0 saturated carbocycles. The van der Waals surface area contributed by atoms with E-state index in [1.54, 1.807) is 50.7 Å². The molecule has 3 aromatic rings. The van der Waals surface area contributed by atoms with Crippen LogP contribution < -0.4 is 19.5 Å². The predicted molar refractivity (Wildman–Crippen MR) is 107 cm³/mol. The molecule has 0 aliphatic heterocycles. The summed E-state index contributed by atoms with van der Waals surface area (Å²) >= 11 is 0. The normalized spacial score (nSPS) is 10.6. The summed E-state index contributed by atoms with van der Waals surface area (Å²) in [6.07, 6.45) is 1.91. The van der Waals surface area contributed by atoms with Gasteiger partial charge in [-0.3, -0.25) is 9.59 Å². The van der Waals surface area contributed by atoms with Gasteiger partial charge in [0.05, 0.1) is 33.3 Å². The Bertz CT molecular complexity index is 1020. The number of fused-ring (bicyclic) bond motifs is 1. The number of Topliss-reactive ketones (excluding diaryl/α,β-unsaturated/α-hetero) is 1. The molecular weight excluding hydrogens is 360 g/mol. The van der Waals surface area contributed by atoms with Crippen LogP contribution in [0.3, 0.4) is 0 Å². The smallest absolute Gasteiger partial charge is 0.228 e. The van der Waals surface area contributed by atoms with E-state index in [-0.39, 0.29) is 18.1 Å². The standard InChI is InChI=1S/C21H22N2O5/c1-12(24)13-5-7-15(8-6-13)23-18(25)9-14-11-22-16-10-17(26-2)20(27-3)21(28-4)19(14)16/h5-8,10-11,22H,9H2,1-4H3,(H,23,25). The van der Waals surface area contributed by atoms with Crippen molar-refractivity contribution in [1.82, 2.24) is 4.98 Å². The molecule has 7 nitrogen and oxygen atoms in total. The Hall–Kier alpha value is -3.48. The van der Waals surface area contributed by atoms with E-state index in [9.17, 15) is 9.59 Å². The van der Waals surface area contributed by atoms with E-state index >= 15 is 0 Å². The van der Waals surface area contributed by atoms with Gasteiger partial charge in [0.2, 0.25) is 11.7 Å². The molecule has 0 saturated heterocycles. The summed E-state index contributed by atoms with van der Waals surface area (Å²) in [5, 5.41) is 3.60. The number of hydrogen-bond acceptors (Lipinski definition) is 5. The number of ketones is 1. The monoisotopic (exact) mass is 382 g/mol. The molecule has 0 aliphatic carbocycles. The second-order valence-electron chi connectivity index (χ2n) is 6.24. The Kier molecular flexibility index (Phi) is 5.54. The third-order valence-electron chi connectivity index (χ3n) is 4.48. The van der Waals surface area contributed by atoms with Crippen LogP contribution in [0.25, 0.3) is 10.9 Å². The van der Waals surface area contributed by atoms with Gasteiger partial charge in [-0.1, -0.05) is 0 Å². The van der Waals surface area contributed by atoms with Crippen molar-refractivity contribution in [2.24, 2.45) is 0 Å². The summed E-state index contributed by atoms with van der Waals surface area (Å²) in [5.41, 5.74) is 2.77. The van der Waals surface area contributed by atoms with Gasteiger partial charge in [0.25, 0.3) is 0 Å². The molecule has 0 radical (unpaired) electrons. The van der Waals surface area contributed by atoms with Gasteiger partial charge in [-0.25, -0.2) is 0 Å². The van der Waals surface area contributed by atoms with Crippen molar-refractivity contribution in [1.29, 1.82) is 0 Å². The number of H-pyrrole nitrogens is 1. The Labute approximate surface area is 162 Å². The van der Waals surface area contributed by atoms with Crippen molar-refractivity contribution in [2.45, 2.75) is 13.3 Å². The van der Waals surface area contributed by atoms with Crippen molar-refractivity contribution in [2.75, 3.05) is 26.6 Å². The Balaban J connectivity index is 1.87. The van der Waals surface area contributed by atoms with Gasteiger partial charge in [0.15, 0.2) is 17.3 Å². The van der Waals surface area contributed by atoms with E-state index in [0.29, 0.717) is 28.5 Å². The maximum Gasteiger partial charge on any atom is 0.228 e. The number of carbonyl (C=O) groups is 2. The van der Waals surface area contributed by atoms with Gasteiger partial charge >= 0.3 is 0 Å². The van der Waals surface area contributed by atoms with Crippen molar-refractivity contribution in [3.8, 4) is 17.2 Å². The van der Waals surface area contributed by atoms with E-state index in [4.69, 9.17) is 14.2 Å². The maximum atomic E-state index is 12.5. The molecule has 3 rings (SSSR count). The van der Waals surface area contributed by atoms with Crippen LogP contribution in [0.1, 0.15) is 22.8 Å². The number of benzene rings is 2. The van der Waals surface area contributed by atoms with Crippen LogP contribution in [0, 0.1) is 0 Å². The highest BCUT2D eigenvalue weighted by atomic mass is 16.5. The first-order valence-electron chi connectivity index (χ1n) is 8.68. The van der Waals surface area contributed by atoms with E-state index in [0.717, 1.165) is 16.5 Å². The molecule has 7 heteroatoms. The Morgan fingerprint density at radius 3 is 2.25 bits per heavy atom. The predicted octanol–water partition coefficient (Wildman–Crippen LogP) is 3.58. The van der Waals surface area contributed by atoms with Crippen LogP contribution in [0.5, 0.6) is 17.2 Å². The van der Waals surface area contributed by atoms with E-state index in [2.05, 4.69) is 10.3 Å². The molecular formula is C21H22N2O5. The topological polar surface area (TPSA) is 89.7 Å². The van der Waals surface area contributed by atoms with Gasteiger partial charge < -0.3 is 24.5 Å². The number of amides is 1. The Morgan fingerprint density at radius 1 is 1.00 bits per heavy atom. The highest BCUT2D eigenvalue weighted by Gasteiger charge is 2.20. The molecule has 1 aromatic heterocycles. The van der Waals surface area contributed by atoms with Crippen LogP contribution >= 0.6 is 0 Å². The van der Waals surface area contributed by atoms with E-state index in [1.165, 1.54) is 14.0 Å². The molecule has 1 heterocycles. The first-order chi connectivity index (χ1) is 13.5. The lowest BCUT2D eigenvalue weighted by molar-refractivity contribution is -0.115. The summed E-state index contributed by atoms with van der Waals surface area (Å²) in [5.74, 6) is 1.31. The summed E-state index contributed by atoms with van der Waals surface area (Å²) < 4.78 is 16.3. The van der Waals surface area contributed by atoms with Crippen LogP contribution in [0.2, 0.25) is 0 Å². The summed E-state index contributed by atoms with van der Waals surface area (Å²) in [6.45, 7) is 1.50. The molecule has 0 atom stereocenters. The lowest BCUT2D eigenvalue weighted by Gasteiger charge is -2.14. The largest absolute Gasteiger partial charge is 0.493 e. The Morgan fingerprint density at radius 2 is 1.68 bits per heavy atom. The quantitative estimate of drug-likeness (QED) is 0.610. The number of anilines is 1. The van der Waals surface area contributed by atoms with E-state index in [1.807, 2.05) is 0 Å². The number of rotatable bonds is 7. The van der Waals surface area contributed by atoms with Gasteiger partial charge in [-0.2, -0.15) is 0 Å². The molecule has 0 bridgehead atoms. The average molecular weight is 382 g/mol. The van der Waals surface area contributed by atoms with Crippen LogP contribution in [0.4, 0.5) is 5.69 Å². The zero-order valence-corrected chi connectivity index (χ0v) is 16.2. The lowest BCUT2D eigenvalue weighted by atomic mass is 10.1. The highest BCUT2D eigenvalue weighted by Crippen LogP contribution is 2.44. The van der Waals surface area contributed by atoms with Gasteiger partial charge in [-0.15, -0.1) is 0 Å². The van der Waals surface area contributed by atoms with Crippen molar-refractivity contribution in [3.05, 3.63) is 47.7 Å². The summed E-state index contributed by atoms with van der Waals surface area (Å²) in [4.78, 5) is 27.0. The minimum Gasteiger partial charge on any atom is -0.493 e. The van der Waals surface area contributed by atoms with Crippen molar-refractivity contribution in [3.63, 3.8) is 0 Å². The zero-order valence-electron chi connectivity index (χ0n) is 16.2. The molecule has 146 valence electrons. The lowest BCUT2D eigenvalue weighted by Crippen LogP contribution is -2.14. The molecule has 0 aliphatic rings. The van der Waals surface area contributed by atoms with Gasteiger partial charge in [0.1, 0.15) is 0 Å². The average Bonchev–Trinajstić information content (AvgIpc) is 3.08. The van der Waals surface area contributed by atoms with Gasteiger partial charge in [0, 0.05) is 28.9 Å². The molecule has 1 amide bonds. The molecule has 2 aromatic carbocycles. The minimum absolute atomic E-state index is 0.0202. The van der Waals surface area contributed by atoms with Crippen molar-refractivity contribution >= 4 is 28.3 Å². The second kappa shape index (κ2) is 8.04. The number of hydrogen-bond donors (Lipinski definition) is 2. The number of carbonyl (C=O) groups excluding carboxylic acids is 2. The fourth-order valence-electron chi connectivity index (χ4n) is 3.13. The van der Waals surface area contributed by atoms with Crippen LogP contribution in [-0.2, 0) is 11.2 Å². The number of methoxy groups -OCH3 is 3. The van der Waals surface area contributed by atoms with E-state index < -0.39 is 0 Å². The summed E-state index contributed by atoms with van der Waals surface area (Å²) in [7, 11) is 4.64. The highest BCUT2D eigenvalue weighted by molar-refractivity contribution is 6.00. The zero-order chi connectivity index (χ0) is 20.3. The molecule has 0 spiro atoms. The van der Waals surface area contributed by atoms with Crippen LogP contribution in [-0.4, -0.2) is 38.0 Å². The molecule has 28 heavy (non-hydrogen) atoms. The molecule has 0 unspecified atom stereocenters. The first-order valence-corrected chi connectivity index (χ1v) is 8.68.